The first-order valence-corrected chi connectivity index (χ1v) is 11.6. The molecule has 0 spiro atoms. The number of anilines is 1. The van der Waals surface area contributed by atoms with Gasteiger partial charge in [-0.1, -0.05) is 25.0 Å². The Morgan fingerprint density at radius 2 is 1.97 bits per heavy atom. The number of fused-ring (bicyclic) bond motifs is 3. The summed E-state index contributed by atoms with van der Waals surface area (Å²) in [5.41, 5.74) is 2.62. The fourth-order valence-corrected chi connectivity index (χ4v) is 5.86. The van der Waals surface area contributed by atoms with Crippen LogP contribution in [0, 0.1) is 13.8 Å². The van der Waals surface area contributed by atoms with Crippen LogP contribution in [0.15, 0.2) is 35.7 Å². The van der Waals surface area contributed by atoms with Crippen LogP contribution in [-0.2, 0) is 11.3 Å². The molecule has 0 bridgehead atoms. The second kappa shape index (κ2) is 6.98. The lowest BCUT2D eigenvalue weighted by Gasteiger charge is -2.45. The predicted molar refractivity (Wildman–Crippen MR) is 121 cm³/mol. The SMILES string of the molecule is Cc1cccc(N2C(=O)c3cc4ccsc4n3CC2(C)C(=O)NC2CCCC2)c1C. The van der Waals surface area contributed by atoms with Gasteiger partial charge in [-0.15, -0.1) is 11.3 Å². The van der Waals surface area contributed by atoms with Crippen molar-refractivity contribution in [2.45, 2.75) is 64.6 Å². The molecule has 30 heavy (non-hydrogen) atoms. The Labute approximate surface area is 180 Å². The maximum absolute atomic E-state index is 13.8. The first-order chi connectivity index (χ1) is 14.4. The summed E-state index contributed by atoms with van der Waals surface area (Å²) in [4.78, 5) is 30.3. The van der Waals surface area contributed by atoms with Crippen molar-refractivity contribution < 1.29 is 9.59 Å². The maximum Gasteiger partial charge on any atom is 0.275 e. The van der Waals surface area contributed by atoms with Crippen molar-refractivity contribution in [2.75, 3.05) is 4.90 Å². The third kappa shape index (κ3) is 2.81. The van der Waals surface area contributed by atoms with Crippen LogP contribution >= 0.6 is 11.3 Å². The van der Waals surface area contributed by atoms with Crippen LogP contribution in [0.5, 0.6) is 0 Å². The third-order valence-corrected chi connectivity index (χ3v) is 7.83. The highest BCUT2D eigenvalue weighted by Crippen LogP contribution is 2.39. The molecule has 1 aliphatic carbocycles. The normalized spacial score (nSPS) is 22.0. The van der Waals surface area contributed by atoms with Crippen molar-refractivity contribution in [3.8, 4) is 0 Å². The molecule has 2 aromatic heterocycles. The predicted octanol–water partition coefficient (Wildman–Crippen LogP) is 4.80. The van der Waals surface area contributed by atoms with E-state index >= 15 is 0 Å². The molecule has 1 saturated carbocycles. The minimum Gasteiger partial charge on any atom is -0.351 e. The van der Waals surface area contributed by atoms with E-state index in [0.29, 0.717) is 12.2 Å². The molecule has 3 heterocycles. The van der Waals surface area contributed by atoms with Gasteiger partial charge < -0.3 is 9.88 Å². The third-order valence-electron chi connectivity index (χ3n) is 6.88. The largest absolute Gasteiger partial charge is 0.351 e. The topological polar surface area (TPSA) is 54.3 Å². The molecule has 1 unspecified atom stereocenters. The Hall–Kier alpha value is -2.60. The highest BCUT2D eigenvalue weighted by molar-refractivity contribution is 7.16. The number of carbonyl (C=O) groups excluding carboxylic acids is 2. The van der Waals surface area contributed by atoms with Crippen LogP contribution in [0.3, 0.4) is 0 Å². The number of hydrogen-bond acceptors (Lipinski definition) is 3. The molecule has 6 heteroatoms. The summed E-state index contributed by atoms with van der Waals surface area (Å²) < 4.78 is 2.04. The van der Waals surface area contributed by atoms with E-state index in [2.05, 4.69) is 5.32 Å². The molecule has 1 aromatic carbocycles. The lowest BCUT2D eigenvalue weighted by molar-refractivity contribution is -0.127. The summed E-state index contributed by atoms with van der Waals surface area (Å²) in [5.74, 6) is -0.171. The minimum absolute atomic E-state index is 0.0623. The van der Waals surface area contributed by atoms with Crippen molar-refractivity contribution in [1.29, 1.82) is 0 Å². The van der Waals surface area contributed by atoms with Gasteiger partial charge in [0.05, 0.1) is 6.54 Å². The Kier molecular flexibility index (Phi) is 4.51. The zero-order valence-corrected chi connectivity index (χ0v) is 18.5. The number of aromatic nitrogens is 1. The first kappa shape index (κ1) is 19.4. The van der Waals surface area contributed by atoms with Gasteiger partial charge in [0.25, 0.3) is 5.91 Å². The van der Waals surface area contributed by atoms with Gasteiger partial charge in [0.2, 0.25) is 5.91 Å². The zero-order chi connectivity index (χ0) is 21.0. The number of aryl methyl sites for hydroxylation is 1. The van der Waals surface area contributed by atoms with E-state index in [1.165, 1.54) is 0 Å². The summed E-state index contributed by atoms with van der Waals surface area (Å²) in [5, 5.41) is 6.36. The summed E-state index contributed by atoms with van der Waals surface area (Å²) in [6.07, 6.45) is 4.34. The van der Waals surface area contributed by atoms with Gasteiger partial charge in [-0.3, -0.25) is 14.5 Å². The van der Waals surface area contributed by atoms with Gasteiger partial charge in [-0.2, -0.15) is 0 Å². The molecule has 0 radical (unpaired) electrons. The number of nitrogens with zero attached hydrogens (tertiary/aromatic N) is 2. The van der Waals surface area contributed by atoms with Crippen LogP contribution in [0.2, 0.25) is 0 Å². The number of carbonyl (C=O) groups is 2. The number of thiophene rings is 1. The van der Waals surface area contributed by atoms with Crippen molar-refractivity contribution in [1.82, 2.24) is 9.88 Å². The molecular weight excluding hydrogens is 394 g/mol. The van der Waals surface area contributed by atoms with Gasteiger partial charge >= 0.3 is 0 Å². The lowest BCUT2D eigenvalue weighted by atomic mass is 9.92. The molecule has 2 amide bonds. The Balaban J connectivity index is 1.66. The molecule has 1 atom stereocenters. The van der Waals surface area contributed by atoms with Crippen molar-refractivity contribution in [2.24, 2.45) is 0 Å². The summed E-state index contributed by atoms with van der Waals surface area (Å²) in [7, 11) is 0. The average molecular weight is 422 g/mol. The van der Waals surface area contributed by atoms with Crippen molar-refractivity contribution >= 4 is 39.1 Å². The van der Waals surface area contributed by atoms with Crippen molar-refractivity contribution in [3.05, 3.63) is 52.5 Å². The molecule has 5 nitrogen and oxygen atoms in total. The van der Waals surface area contributed by atoms with E-state index in [-0.39, 0.29) is 17.9 Å². The smallest absolute Gasteiger partial charge is 0.275 e. The van der Waals surface area contributed by atoms with Gasteiger partial charge in [-0.25, -0.2) is 0 Å². The van der Waals surface area contributed by atoms with Gasteiger partial charge in [0.15, 0.2) is 0 Å². The van der Waals surface area contributed by atoms with Gasteiger partial charge in [0.1, 0.15) is 16.1 Å². The number of rotatable bonds is 3. The second-order valence-corrected chi connectivity index (χ2v) is 9.78. The Morgan fingerprint density at radius 1 is 1.20 bits per heavy atom. The molecule has 1 aliphatic heterocycles. The van der Waals surface area contributed by atoms with Crippen LogP contribution in [0.4, 0.5) is 5.69 Å². The summed E-state index contributed by atoms with van der Waals surface area (Å²) in [6, 6.07) is 10.2. The minimum atomic E-state index is -0.999. The first-order valence-electron chi connectivity index (χ1n) is 10.7. The van der Waals surface area contributed by atoms with E-state index in [9.17, 15) is 9.59 Å². The maximum atomic E-state index is 13.8. The fraction of sp³-hybridized carbons (Fsp3) is 0.417. The molecule has 0 saturated heterocycles. The number of benzene rings is 1. The Bertz CT molecular complexity index is 1150. The summed E-state index contributed by atoms with van der Waals surface area (Å²) >= 11 is 1.62. The Morgan fingerprint density at radius 3 is 2.73 bits per heavy atom. The summed E-state index contributed by atoms with van der Waals surface area (Å²) in [6.45, 7) is 6.44. The van der Waals surface area contributed by atoms with E-state index in [4.69, 9.17) is 0 Å². The molecule has 156 valence electrons. The number of hydrogen-bond donors (Lipinski definition) is 1. The number of nitrogens with one attached hydrogen (secondary N) is 1. The average Bonchev–Trinajstić information content (AvgIpc) is 3.44. The molecule has 3 aromatic rings. The quantitative estimate of drug-likeness (QED) is 0.661. The van der Waals surface area contributed by atoms with E-state index in [0.717, 1.165) is 52.7 Å². The van der Waals surface area contributed by atoms with E-state index < -0.39 is 5.54 Å². The van der Waals surface area contributed by atoms with Crippen LogP contribution < -0.4 is 10.2 Å². The zero-order valence-electron chi connectivity index (χ0n) is 17.7. The molecule has 1 fully saturated rings. The highest BCUT2D eigenvalue weighted by atomic mass is 32.1. The van der Waals surface area contributed by atoms with Crippen LogP contribution in [0.25, 0.3) is 10.2 Å². The molecule has 2 aliphatic rings. The van der Waals surface area contributed by atoms with Gasteiger partial charge in [0, 0.05) is 17.1 Å². The standard InChI is InChI=1S/C24H27N3O2S/c1-15-7-6-10-19(16(15)2)27-21(28)20-13-17-11-12-30-22(17)26(20)14-24(27,3)23(29)25-18-8-4-5-9-18/h6-7,10-13,18H,4-5,8-9,14H2,1-3H3,(H,25,29). The molecular formula is C24H27N3O2S. The molecule has 1 N–H and O–H groups in total. The second-order valence-electron chi connectivity index (χ2n) is 8.89. The van der Waals surface area contributed by atoms with Crippen molar-refractivity contribution in [3.63, 3.8) is 0 Å². The lowest BCUT2D eigenvalue weighted by Crippen LogP contribution is -2.65. The highest BCUT2D eigenvalue weighted by Gasteiger charge is 2.49. The van der Waals surface area contributed by atoms with Crippen LogP contribution in [-0.4, -0.2) is 28.0 Å². The van der Waals surface area contributed by atoms with Gasteiger partial charge in [-0.05, 0) is 68.3 Å². The van der Waals surface area contributed by atoms with E-state index in [1.807, 2.05) is 61.1 Å². The fourth-order valence-electron chi connectivity index (χ4n) is 4.96. The monoisotopic (exact) mass is 421 g/mol. The number of amides is 2. The van der Waals surface area contributed by atoms with Crippen LogP contribution in [0.1, 0.15) is 54.2 Å². The van der Waals surface area contributed by atoms with E-state index in [1.54, 1.807) is 16.2 Å². The molecule has 5 rings (SSSR count).